The topological polar surface area (TPSA) is 67.4 Å². The van der Waals surface area contributed by atoms with E-state index in [1.165, 1.54) is 0 Å². The molecule has 1 aliphatic heterocycles. The molecular formula is C21H20N2O3S. The molecule has 0 saturated heterocycles. The van der Waals surface area contributed by atoms with Crippen molar-refractivity contribution in [1.29, 1.82) is 0 Å². The van der Waals surface area contributed by atoms with Gasteiger partial charge in [-0.25, -0.2) is 8.42 Å². The number of benzene rings is 3. The van der Waals surface area contributed by atoms with Gasteiger partial charge in [-0.05, 0) is 61.4 Å². The van der Waals surface area contributed by atoms with Crippen LogP contribution in [0.15, 0.2) is 77.7 Å². The molecule has 0 saturated carbocycles. The molecule has 27 heavy (non-hydrogen) atoms. The normalized spacial score (nSPS) is 15.7. The second-order valence-corrected chi connectivity index (χ2v) is 8.27. The zero-order valence-electron chi connectivity index (χ0n) is 14.8. The van der Waals surface area contributed by atoms with Crippen molar-refractivity contribution in [3.8, 4) is 11.5 Å². The average molecular weight is 380 g/mol. The van der Waals surface area contributed by atoms with Crippen molar-refractivity contribution in [2.75, 3.05) is 10.0 Å². The first-order valence-corrected chi connectivity index (χ1v) is 10.2. The van der Waals surface area contributed by atoms with E-state index in [9.17, 15) is 8.42 Å². The molecule has 0 radical (unpaired) electrons. The van der Waals surface area contributed by atoms with Crippen LogP contribution in [-0.4, -0.2) is 14.5 Å². The van der Waals surface area contributed by atoms with Crippen LogP contribution in [-0.2, 0) is 16.4 Å². The number of hydrogen-bond donors (Lipinski definition) is 2. The van der Waals surface area contributed by atoms with Gasteiger partial charge >= 0.3 is 0 Å². The minimum absolute atomic E-state index is 0.242. The van der Waals surface area contributed by atoms with Crippen LogP contribution >= 0.6 is 0 Å². The Labute approximate surface area is 159 Å². The summed E-state index contributed by atoms with van der Waals surface area (Å²) >= 11 is 0. The number of ether oxygens (including phenoxy) is 1. The van der Waals surface area contributed by atoms with Crippen molar-refractivity contribution >= 4 is 21.4 Å². The fourth-order valence-corrected chi connectivity index (χ4v) is 4.27. The maximum Gasteiger partial charge on any atom is 0.262 e. The van der Waals surface area contributed by atoms with Gasteiger partial charge in [-0.2, -0.15) is 0 Å². The Morgan fingerprint density at radius 1 is 1.00 bits per heavy atom. The Hall–Kier alpha value is -2.99. The first-order chi connectivity index (χ1) is 13.0. The number of para-hydroxylation sites is 3. The number of nitrogens with one attached hydrogen (secondary N) is 2. The highest BCUT2D eigenvalue weighted by Crippen LogP contribution is 2.32. The van der Waals surface area contributed by atoms with Gasteiger partial charge in [0.05, 0.1) is 10.6 Å². The summed E-state index contributed by atoms with van der Waals surface area (Å²) in [6, 6.07) is 21.7. The van der Waals surface area contributed by atoms with E-state index in [2.05, 4.69) is 17.0 Å². The highest BCUT2D eigenvalue weighted by molar-refractivity contribution is 7.92. The Morgan fingerprint density at radius 3 is 2.56 bits per heavy atom. The Kier molecular flexibility index (Phi) is 4.49. The molecule has 1 atom stereocenters. The molecule has 5 nitrogen and oxygen atoms in total. The largest absolute Gasteiger partial charge is 0.455 e. The second-order valence-electron chi connectivity index (χ2n) is 6.59. The lowest BCUT2D eigenvalue weighted by molar-refractivity contribution is 0.485. The molecule has 0 aliphatic carbocycles. The monoisotopic (exact) mass is 380 g/mol. The van der Waals surface area contributed by atoms with E-state index in [0.29, 0.717) is 23.2 Å². The molecule has 2 N–H and O–H groups in total. The first-order valence-electron chi connectivity index (χ1n) is 8.75. The van der Waals surface area contributed by atoms with E-state index in [0.717, 1.165) is 17.7 Å². The Balaban J connectivity index is 1.61. The van der Waals surface area contributed by atoms with E-state index in [1.54, 1.807) is 36.4 Å². The summed E-state index contributed by atoms with van der Waals surface area (Å²) in [4.78, 5) is 0.242. The van der Waals surface area contributed by atoms with Crippen LogP contribution in [0.25, 0.3) is 0 Å². The summed E-state index contributed by atoms with van der Waals surface area (Å²) in [6.07, 6.45) is 0.812. The number of sulfonamides is 1. The summed E-state index contributed by atoms with van der Waals surface area (Å²) in [5.41, 5.74) is 2.40. The number of rotatable bonds is 5. The van der Waals surface area contributed by atoms with Gasteiger partial charge in [0.25, 0.3) is 10.0 Å². The van der Waals surface area contributed by atoms with Crippen molar-refractivity contribution in [3.63, 3.8) is 0 Å². The van der Waals surface area contributed by atoms with Gasteiger partial charge in [-0.1, -0.05) is 30.3 Å². The molecule has 1 aliphatic rings. The van der Waals surface area contributed by atoms with E-state index < -0.39 is 10.0 Å². The Bertz CT molecular complexity index is 1070. The molecule has 3 aromatic carbocycles. The number of anilines is 2. The predicted molar refractivity (Wildman–Crippen MR) is 107 cm³/mol. The van der Waals surface area contributed by atoms with Crippen LogP contribution < -0.4 is 14.8 Å². The van der Waals surface area contributed by atoms with E-state index in [4.69, 9.17) is 4.74 Å². The van der Waals surface area contributed by atoms with Crippen LogP contribution in [0.4, 0.5) is 11.4 Å². The standard InChI is InChI=1S/C21H20N2O3S/c1-15-13-16-14-18(11-12-19(16)22-15)27(24,25)23-20-9-5-6-10-21(20)26-17-7-3-2-4-8-17/h2-12,14-15,22-23H,13H2,1H3/t15-/m0/s1. The van der Waals surface area contributed by atoms with Crippen molar-refractivity contribution in [2.24, 2.45) is 0 Å². The van der Waals surface area contributed by atoms with Gasteiger partial charge in [0.2, 0.25) is 0 Å². The fourth-order valence-electron chi connectivity index (χ4n) is 3.15. The average Bonchev–Trinajstić information content (AvgIpc) is 3.03. The summed E-state index contributed by atoms with van der Waals surface area (Å²) in [7, 11) is -3.72. The fraction of sp³-hybridized carbons (Fsp3) is 0.143. The van der Waals surface area contributed by atoms with Gasteiger partial charge in [0, 0.05) is 11.7 Å². The molecule has 3 aromatic rings. The van der Waals surface area contributed by atoms with Gasteiger partial charge in [0.1, 0.15) is 5.75 Å². The maximum atomic E-state index is 12.9. The second kappa shape index (κ2) is 6.96. The van der Waals surface area contributed by atoms with Gasteiger partial charge in [0.15, 0.2) is 5.75 Å². The smallest absolute Gasteiger partial charge is 0.262 e. The zero-order valence-corrected chi connectivity index (χ0v) is 15.7. The zero-order chi connectivity index (χ0) is 18.9. The quantitative estimate of drug-likeness (QED) is 0.677. The molecule has 4 rings (SSSR count). The molecule has 138 valence electrons. The third kappa shape index (κ3) is 3.75. The third-order valence-corrected chi connectivity index (χ3v) is 5.78. The van der Waals surface area contributed by atoms with E-state index in [1.807, 2.05) is 36.4 Å². The van der Waals surface area contributed by atoms with Gasteiger partial charge in [-0.3, -0.25) is 4.72 Å². The minimum atomic E-state index is -3.72. The SMILES string of the molecule is C[C@H]1Cc2cc(S(=O)(=O)Nc3ccccc3Oc3ccccc3)ccc2N1. The molecule has 0 spiro atoms. The molecule has 0 aromatic heterocycles. The van der Waals surface area contributed by atoms with E-state index >= 15 is 0 Å². The number of hydrogen-bond acceptors (Lipinski definition) is 4. The molecule has 0 bridgehead atoms. The molecule has 0 fully saturated rings. The van der Waals surface area contributed by atoms with Crippen LogP contribution in [0.2, 0.25) is 0 Å². The van der Waals surface area contributed by atoms with Gasteiger partial charge in [-0.15, -0.1) is 0 Å². The molecule has 0 unspecified atom stereocenters. The third-order valence-electron chi connectivity index (χ3n) is 4.42. The number of fused-ring (bicyclic) bond motifs is 1. The molecule has 6 heteroatoms. The summed E-state index contributed by atoms with van der Waals surface area (Å²) in [6.45, 7) is 2.07. The van der Waals surface area contributed by atoms with Crippen LogP contribution in [0.5, 0.6) is 11.5 Å². The summed E-state index contributed by atoms with van der Waals surface area (Å²) in [5, 5.41) is 3.33. The highest BCUT2D eigenvalue weighted by Gasteiger charge is 2.22. The van der Waals surface area contributed by atoms with Crippen molar-refractivity contribution in [2.45, 2.75) is 24.3 Å². The summed E-state index contributed by atoms with van der Waals surface area (Å²) in [5.74, 6) is 1.09. The lowest BCUT2D eigenvalue weighted by Gasteiger charge is -2.14. The molecule has 0 amide bonds. The lowest BCUT2D eigenvalue weighted by atomic mass is 10.1. The first kappa shape index (κ1) is 17.4. The molecule has 1 heterocycles. The van der Waals surface area contributed by atoms with Crippen LogP contribution in [0.1, 0.15) is 12.5 Å². The summed E-state index contributed by atoms with van der Waals surface area (Å²) < 4.78 is 34.3. The van der Waals surface area contributed by atoms with Crippen molar-refractivity contribution < 1.29 is 13.2 Å². The lowest BCUT2D eigenvalue weighted by Crippen LogP contribution is -2.13. The van der Waals surface area contributed by atoms with Gasteiger partial charge < -0.3 is 10.1 Å². The van der Waals surface area contributed by atoms with Crippen LogP contribution in [0, 0.1) is 0 Å². The van der Waals surface area contributed by atoms with E-state index in [-0.39, 0.29) is 4.90 Å². The van der Waals surface area contributed by atoms with Crippen molar-refractivity contribution in [1.82, 2.24) is 0 Å². The minimum Gasteiger partial charge on any atom is -0.455 e. The van der Waals surface area contributed by atoms with Crippen LogP contribution in [0.3, 0.4) is 0 Å². The highest BCUT2D eigenvalue weighted by atomic mass is 32.2. The maximum absolute atomic E-state index is 12.9. The van der Waals surface area contributed by atoms with Crippen molar-refractivity contribution in [3.05, 3.63) is 78.4 Å². The molecular weight excluding hydrogens is 360 g/mol. The Morgan fingerprint density at radius 2 is 1.74 bits per heavy atom. The predicted octanol–water partition coefficient (Wildman–Crippen LogP) is 4.64.